The molecule has 0 saturated heterocycles. The Hall–Kier alpha value is -5.38. The molecule has 4 nitrogen and oxygen atoms in total. The van der Waals surface area contributed by atoms with Gasteiger partial charge in [0.2, 0.25) is 5.41 Å². The molecule has 234 valence electrons. The van der Waals surface area contributed by atoms with Gasteiger partial charge < -0.3 is 9.13 Å². The largest absolute Gasteiger partial charge is 0.411 e. The number of para-hydroxylation sites is 1. The van der Waals surface area contributed by atoms with E-state index >= 15 is 26.3 Å². The van der Waals surface area contributed by atoms with Crippen molar-refractivity contribution in [2.45, 2.75) is 30.6 Å². The zero-order chi connectivity index (χ0) is 32.6. The van der Waals surface area contributed by atoms with E-state index in [-0.39, 0.29) is 0 Å². The highest BCUT2D eigenvalue weighted by molar-refractivity contribution is 6.08. The van der Waals surface area contributed by atoms with Crippen molar-refractivity contribution in [2.24, 2.45) is 0 Å². The molecular formula is C37H24F6N4. The van der Waals surface area contributed by atoms with E-state index in [4.69, 9.17) is 0 Å². The fourth-order valence-corrected chi connectivity index (χ4v) is 7.16. The topological polar surface area (TPSA) is 35.6 Å². The average molecular weight is 639 g/mol. The van der Waals surface area contributed by atoms with Crippen LogP contribution in [0, 0.1) is 0 Å². The van der Waals surface area contributed by atoms with E-state index in [1.54, 1.807) is 41.5 Å². The van der Waals surface area contributed by atoms with E-state index in [9.17, 15) is 0 Å². The summed E-state index contributed by atoms with van der Waals surface area (Å²) in [6, 6.07) is 20.0. The van der Waals surface area contributed by atoms with Crippen LogP contribution in [0.2, 0.25) is 0 Å². The minimum Gasteiger partial charge on any atom is -0.313 e. The first kappa shape index (κ1) is 29.1. The number of nitrogens with zero attached hydrogens (tertiary/aromatic N) is 4. The van der Waals surface area contributed by atoms with E-state index in [0.717, 1.165) is 74.7 Å². The molecule has 0 atom stereocenters. The summed E-state index contributed by atoms with van der Waals surface area (Å²) in [5.74, 6) is 0. The van der Waals surface area contributed by atoms with Crippen LogP contribution in [0.1, 0.15) is 28.8 Å². The number of hydrogen-bond donors (Lipinski definition) is 0. The number of pyridine rings is 2. The Kier molecular flexibility index (Phi) is 6.38. The Balaban J connectivity index is 1.28. The minimum absolute atomic E-state index is 0.424. The van der Waals surface area contributed by atoms with Crippen LogP contribution in [0.15, 0.2) is 116 Å². The van der Waals surface area contributed by atoms with Gasteiger partial charge in [-0.15, -0.1) is 0 Å². The smallest absolute Gasteiger partial charge is 0.313 e. The van der Waals surface area contributed by atoms with E-state index in [1.165, 1.54) is 24.3 Å². The molecule has 4 heterocycles. The molecule has 0 bridgehead atoms. The Morgan fingerprint density at radius 1 is 0.553 bits per heavy atom. The van der Waals surface area contributed by atoms with Gasteiger partial charge in [0, 0.05) is 63.6 Å². The molecule has 10 heteroatoms. The Labute approximate surface area is 264 Å². The van der Waals surface area contributed by atoms with Crippen LogP contribution in [0.5, 0.6) is 0 Å². The molecule has 1 aliphatic carbocycles. The molecule has 0 spiro atoms. The molecule has 7 aromatic rings. The fraction of sp³-hybridized carbons (Fsp3) is 0.135. The molecular weight excluding hydrogens is 614 g/mol. The van der Waals surface area contributed by atoms with E-state index in [1.807, 2.05) is 41.0 Å². The lowest BCUT2D eigenvalue weighted by Gasteiger charge is -2.38. The van der Waals surface area contributed by atoms with Gasteiger partial charge in [-0.3, -0.25) is 9.97 Å². The first-order chi connectivity index (χ1) is 22.6. The summed E-state index contributed by atoms with van der Waals surface area (Å²) in [4.78, 5) is 8.40. The maximum absolute atomic E-state index is 15.1. The first-order valence-corrected chi connectivity index (χ1v) is 14.9. The van der Waals surface area contributed by atoms with Crippen LogP contribution >= 0.6 is 0 Å². The standard InChI is InChI=1S/C37H24F6N4/c38-36(39,40)35(37(41,42)43,23-9-13-25(14-10-23)46-31-7-3-1-5-27(31)29-21-44-19-17-33(29)46)24-11-15-26(16-12-24)47-32-8-4-2-6-28(32)30-22-45-20-18-34(30)47/h1-3,5-7,9-22H,4,8H2. The summed E-state index contributed by atoms with van der Waals surface area (Å²) < 4.78 is 94.2. The van der Waals surface area contributed by atoms with Crippen LogP contribution in [-0.2, 0) is 11.8 Å². The second-order valence-electron chi connectivity index (χ2n) is 11.6. The van der Waals surface area contributed by atoms with Gasteiger partial charge in [-0.05, 0) is 66.4 Å². The zero-order valence-electron chi connectivity index (χ0n) is 24.5. The molecule has 1 aliphatic rings. The summed E-state index contributed by atoms with van der Waals surface area (Å²) in [5.41, 5.74) is -1.08. The molecule has 3 aromatic carbocycles. The molecule has 0 N–H and O–H groups in total. The zero-order valence-corrected chi connectivity index (χ0v) is 24.5. The predicted molar refractivity (Wildman–Crippen MR) is 170 cm³/mol. The van der Waals surface area contributed by atoms with Crippen molar-refractivity contribution in [1.29, 1.82) is 0 Å². The number of benzene rings is 3. The van der Waals surface area contributed by atoms with Gasteiger partial charge in [0.1, 0.15) is 0 Å². The van der Waals surface area contributed by atoms with Gasteiger partial charge in [0.15, 0.2) is 0 Å². The van der Waals surface area contributed by atoms with Crippen LogP contribution in [0.3, 0.4) is 0 Å². The van der Waals surface area contributed by atoms with Crippen LogP contribution in [0.4, 0.5) is 26.3 Å². The molecule has 4 aromatic heterocycles. The first-order valence-electron chi connectivity index (χ1n) is 14.9. The summed E-state index contributed by atoms with van der Waals surface area (Å²) >= 11 is 0. The minimum atomic E-state index is -5.71. The number of aromatic nitrogens is 4. The Morgan fingerprint density at radius 3 is 1.70 bits per heavy atom. The van der Waals surface area contributed by atoms with Crippen molar-refractivity contribution in [3.63, 3.8) is 0 Å². The normalized spacial score (nSPS) is 13.9. The van der Waals surface area contributed by atoms with Gasteiger partial charge in [-0.1, -0.05) is 54.6 Å². The highest BCUT2D eigenvalue weighted by Gasteiger charge is 2.72. The molecule has 0 fully saturated rings. The van der Waals surface area contributed by atoms with Crippen LogP contribution < -0.4 is 0 Å². The van der Waals surface area contributed by atoms with Crippen molar-refractivity contribution in [1.82, 2.24) is 19.1 Å². The molecule has 0 saturated carbocycles. The number of allylic oxidation sites excluding steroid dienone is 1. The van der Waals surface area contributed by atoms with Crippen LogP contribution in [-0.4, -0.2) is 31.5 Å². The fourth-order valence-electron chi connectivity index (χ4n) is 7.16. The van der Waals surface area contributed by atoms with Crippen molar-refractivity contribution in [2.75, 3.05) is 0 Å². The molecule has 0 unspecified atom stereocenters. The Morgan fingerprint density at radius 2 is 1.09 bits per heavy atom. The van der Waals surface area contributed by atoms with E-state index in [0.29, 0.717) is 17.8 Å². The van der Waals surface area contributed by atoms with Crippen molar-refractivity contribution >= 4 is 38.8 Å². The average Bonchev–Trinajstić information content (AvgIpc) is 3.58. The summed E-state index contributed by atoms with van der Waals surface area (Å²) in [5, 5.41) is 2.54. The van der Waals surface area contributed by atoms with Crippen molar-refractivity contribution < 1.29 is 26.3 Å². The molecule has 0 radical (unpaired) electrons. The highest BCUT2D eigenvalue weighted by atomic mass is 19.4. The van der Waals surface area contributed by atoms with Gasteiger partial charge >= 0.3 is 12.4 Å². The quantitative estimate of drug-likeness (QED) is 0.180. The second-order valence-corrected chi connectivity index (χ2v) is 11.6. The predicted octanol–water partition coefficient (Wildman–Crippen LogP) is 9.89. The molecule has 47 heavy (non-hydrogen) atoms. The lowest BCUT2D eigenvalue weighted by atomic mass is 9.73. The summed E-state index contributed by atoms with van der Waals surface area (Å²) in [6.07, 6.45) is 0.643. The van der Waals surface area contributed by atoms with Gasteiger partial charge in [-0.25, -0.2) is 0 Å². The lowest BCUT2D eigenvalue weighted by Crippen LogP contribution is -2.54. The number of alkyl halides is 6. The van der Waals surface area contributed by atoms with Gasteiger partial charge in [-0.2, -0.15) is 26.3 Å². The lowest BCUT2D eigenvalue weighted by molar-refractivity contribution is -0.288. The SMILES string of the molecule is FC(F)(F)C(c1ccc(-n2c3c(c4cnccc42)C=CCC3)cc1)(c1ccc(-n2c3ccccc3c3cnccc32)cc1)C(F)(F)F. The number of halogens is 6. The second kappa shape index (κ2) is 10.3. The summed E-state index contributed by atoms with van der Waals surface area (Å²) in [7, 11) is 0. The van der Waals surface area contributed by atoms with Crippen LogP contribution in [0.25, 0.3) is 50.2 Å². The third kappa shape index (κ3) is 4.16. The highest BCUT2D eigenvalue weighted by Crippen LogP contribution is 2.56. The van der Waals surface area contributed by atoms with Gasteiger partial charge in [0.25, 0.3) is 0 Å². The van der Waals surface area contributed by atoms with E-state index < -0.39 is 28.9 Å². The molecule has 0 aliphatic heterocycles. The maximum Gasteiger partial charge on any atom is 0.411 e. The summed E-state index contributed by atoms with van der Waals surface area (Å²) in [6.45, 7) is 0. The number of hydrogen-bond acceptors (Lipinski definition) is 2. The van der Waals surface area contributed by atoms with E-state index in [2.05, 4.69) is 9.97 Å². The van der Waals surface area contributed by atoms with Gasteiger partial charge in [0.05, 0.1) is 16.6 Å². The maximum atomic E-state index is 15.1. The third-order valence-electron chi connectivity index (χ3n) is 9.18. The Bertz CT molecular complexity index is 2260. The number of fused-ring (bicyclic) bond motifs is 6. The molecule has 8 rings (SSSR count). The van der Waals surface area contributed by atoms with Crippen molar-refractivity contribution in [3.8, 4) is 11.4 Å². The molecule has 0 amide bonds. The monoisotopic (exact) mass is 638 g/mol. The van der Waals surface area contributed by atoms with Crippen molar-refractivity contribution in [3.05, 3.63) is 138 Å². The number of rotatable bonds is 4. The third-order valence-corrected chi connectivity index (χ3v) is 9.18.